The lowest BCUT2D eigenvalue weighted by Gasteiger charge is -2.34. The van der Waals surface area contributed by atoms with Gasteiger partial charge in [-0.05, 0) is 37.0 Å². The fraction of sp³-hybridized carbons (Fsp3) is 0.562. The molecule has 1 aromatic rings. The number of benzene rings is 1. The van der Waals surface area contributed by atoms with Crippen molar-refractivity contribution >= 4 is 16.1 Å². The van der Waals surface area contributed by atoms with Crippen LogP contribution in [0.3, 0.4) is 0 Å². The van der Waals surface area contributed by atoms with Crippen molar-refractivity contribution in [1.29, 1.82) is 0 Å². The van der Waals surface area contributed by atoms with Crippen molar-refractivity contribution in [2.75, 3.05) is 26.2 Å². The first-order valence-corrected chi connectivity index (χ1v) is 9.49. The minimum Gasteiger partial charge on any atom is -0.448 e. The maximum absolute atomic E-state index is 12.7. The van der Waals surface area contributed by atoms with Gasteiger partial charge in [0, 0.05) is 19.1 Å². The zero-order chi connectivity index (χ0) is 16.4. The number of ether oxygens (including phenoxy) is 1. The van der Waals surface area contributed by atoms with E-state index in [2.05, 4.69) is 0 Å². The molecule has 2 heterocycles. The van der Waals surface area contributed by atoms with Crippen LogP contribution in [-0.4, -0.2) is 56.0 Å². The second-order valence-electron chi connectivity index (χ2n) is 5.94. The van der Waals surface area contributed by atoms with Gasteiger partial charge in [0.25, 0.3) is 0 Å². The Balaban J connectivity index is 1.67. The molecule has 0 saturated carbocycles. The van der Waals surface area contributed by atoms with E-state index in [-0.39, 0.29) is 12.1 Å². The summed E-state index contributed by atoms with van der Waals surface area (Å²) < 4.78 is 31.9. The third-order valence-corrected chi connectivity index (χ3v) is 6.54. The first kappa shape index (κ1) is 16.3. The number of sulfonamides is 1. The molecule has 0 aliphatic carbocycles. The van der Waals surface area contributed by atoms with Gasteiger partial charge in [0.05, 0.1) is 11.4 Å². The molecular weight excluding hydrogens is 316 g/mol. The van der Waals surface area contributed by atoms with Crippen LogP contribution < -0.4 is 0 Å². The molecule has 2 saturated heterocycles. The molecule has 6 nitrogen and oxygen atoms in total. The van der Waals surface area contributed by atoms with Crippen LogP contribution in [0.1, 0.15) is 25.3 Å². The van der Waals surface area contributed by atoms with Gasteiger partial charge in [-0.25, -0.2) is 13.2 Å². The Morgan fingerprint density at radius 1 is 1.13 bits per heavy atom. The number of cyclic esters (lactones) is 1. The van der Waals surface area contributed by atoms with Crippen LogP contribution in [0.4, 0.5) is 4.79 Å². The molecule has 2 aliphatic rings. The monoisotopic (exact) mass is 338 g/mol. The molecule has 0 unspecified atom stereocenters. The van der Waals surface area contributed by atoms with Crippen LogP contribution in [-0.2, 0) is 21.2 Å². The predicted octanol–water partition coefficient (Wildman–Crippen LogP) is 1.85. The smallest absolute Gasteiger partial charge is 0.410 e. The lowest BCUT2D eigenvalue weighted by atomic mass is 10.1. The molecule has 0 bridgehead atoms. The van der Waals surface area contributed by atoms with Crippen LogP contribution >= 0.6 is 0 Å². The lowest BCUT2D eigenvalue weighted by molar-refractivity contribution is 0.134. The van der Waals surface area contributed by atoms with Crippen molar-refractivity contribution < 1.29 is 17.9 Å². The van der Waals surface area contributed by atoms with Crippen LogP contribution in [0.15, 0.2) is 29.2 Å². The lowest BCUT2D eigenvalue weighted by Crippen LogP contribution is -2.47. The van der Waals surface area contributed by atoms with E-state index in [9.17, 15) is 13.2 Å². The van der Waals surface area contributed by atoms with Crippen LogP contribution in [0, 0.1) is 0 Å². The molecule has 2 fully saturated rings. The summed E-state index contributed by atoms with van der Waals surface area (Å²) >= 11 is 0. The standard InChI is InChI=1S/C16H22N2O4S/c1-2-13-3-5-15(6-4-13)23(20,21)17-9-7-14(8-10-17)18-11-12-22-16(18)19/h3-6,14H,2,7-12H2,1H3. The van der Waals surface area contributed by atoms with E-state index < -0.39 is 10.0 Å². The van der Waals surface area contributed by atoms with Gasteiger partial charge < -0.3 is 9.64 Å². The number of rotatable bonds is 4. The van der Waals surface area contributed by atoms with Crippen LogP contribution in [0.5, 0.6) is 0 Å². The summed E-state index contributed by atoms with van der Waals surface area (Å²) in [6, 6.07) is 7.16. The number of hydrogen-bond acceptors (Lipinski definition) is 4. The molecule has 7 heteroatoms. The van der Waals surface area contributed by atoms with E-state index >= 15 is 0 Å². The largest absolute Gasteiger partial charge is 0.448 e. The molecule has 23 heavy (non-hydrogen) atoms. The minimum atomic E-state index is -3.45. The summed E-state index contributed by atoms with van der Waals surface area (Å²) in [5, 5.41) is 0. The van der Waals surface area contributed by atoms with Gasteiger partial charge in [-0.15, -0.1) is 0 Å². The average molecular weight is 338 g/mol. The van der Waals surface area contributed by atoms with Crippen molar-refractivity contribution in [2.45, 2.75) is 37.1 Å². The summed E-state index contributed by atoms with van der Waals surface area (Å²) in [5.41, 5.74) is 1.12. The fourth-order valence-corrected chi connectivity index (χ4v) is 4.65. The Hall–Kier alpha value is -1.60. The number of carbonyl (C=O) groups is 1. The topological polar surface area (TPSA) is 66.9 Å². The van der Waals surface area contributed by atoms with E-state index in [0.717, 1.165) is 12.0 Å². The average Bonchev–Trinajstić information content (AvgIpc) is 3.01. The molecule has 1 aromatic carbocycles. The Kier molecular flexibility index (Phi) is 4.59. The highest BCUT2D eigenvalue weighted by atomic mass is 32.2. The Morgan fingerprint density at radius 2 is 1.78 bits per heavy atom. The van der Waals surface area contributed by atoms with Gasteiger partial charge in [0.2, 0.25) is 10.0 Å². The molecule has 1 amide bonds. The number of hydrogen-bond donors (Lipinski definition) is 0. The van der Waals surface area contributed by atoms with E-state index in [1.807, 2.05) is 19.1 Å². The van der Waals surface area contributed by atoms with Crippen molar-refractivity contribution in [1.82, 2.24) is 9.21 Å². The molecule has 126 valence electrons. The maximum Gasteiger partial charge on any atom is 0.410 e. The molecule has 0 aromatic heterocycles. The second-order valence-corrected chi connectivity index (χ2v) is 7.88. The molecule has 3 rings (SSSR count). The molecule has 0 spiro atoms. The summed E-state index contributed by atoms with van der Waals surface area (Å²) in [6.45, 7) is 3.95. The summed E-state index contributed by atoms with van der Waals surface area (Å²) in [4.78, 5) is 13.7. The van der Waals surface area contributed by atoms with E-state index in [0.29, 0.717) is 44.0 Å². The SMILES string of the molecule is CCc1ccc(S(=O)(=O)N2CCC(N3CCOC3=O)CC2)cc1. The zero-order valence-corrected chi connectivity index (χ0v) is 14.1. The summed E-state index contributed by atoms with van der Waals surface area (Å²) in [7, 11) is -3.45. The number of nitrogens with zero attached hydrogens (tertiary/aromatic N) is 2. The van der Waals surface area contributed by atoms with E-state index in [1.54, 1.807) is 17.0 Å². The van der Waals surface area contributed by atoms with Crippen molar-refractivity contribution in [3.8, 4) is 0 Å². The molecule has 0 N–H and O–H groups in total. The maximum atomic E-state index is 12.7. The Labute approximate surface area is 137 Å². The summed E-state index contributed by atoms with van der Waals surface area (Å²) in [6.07, 6.45) is 1.92. The highest BCUT2D eigenvalue weighted by Gasteiger charge is 2.35. The first-order chi connectivity index (χ1) is 11.0. The van der Waals surface area contributed by atoms with E-state index in [4.69, 9.17) is 4.74 Å². The molecule has 2 aliphatic heterocycles. The van der Waals surface area contributed by atoms with Gasteiger partial charge in [0.1, 0.15) is 6.61 Å². The van der Waals surface area contributed by atoms with Gasteiger partial charge >= 0.3 is 6.09 Å². The van der Waals surface area contributed by atoms with Gasteiger partial charge in [-0.2, -0.15) is 4.31 Å². The first-order valence-electron chi connectivity index (χ1n) is 8.05. The predicted molar refractivity (Wildman–Crippen MR) is 85.7 cm³/mol. The third kappa shape index (κ3) is 3.21. The molecule has 0 atom stereocenters. The number of piperidine rings is 1. The van der Waals surface area contributed by atoms with Gasteiger partial charge in [0.15, 0.2) is 0 Å². The van der Waals surface area contributed by atoms with Gasteiger partial charge in [-0.1, -0.05) is 19.1 Å². The Morgan fingerprint density at radius 3 is 2.30 bits per heavy atom. The highest BCUT2D eigenvalue weighted by molar-refractivity contribution is 7.89. The van der Waals surface area contributed by atoms with Crippen molar-refractivity contribution in [3.05, 3.63) is 29.8 Å². The van der Waals surface area contributed by atoms with Crippen molar-refractivity contribution in [3.63, 3.8) is 0 Å². The quantitative estimate of drug-likeness (QED) is 0.840. The number of carbonyl (C=O) groups excluding carboxylic acids is 1. The third-order valence-electron chi connectivity index (χ3n) is 4.63. The minimum absolute atomic E-state index is 0.0823. The van der Waals surface area contributed by atoms with E-state index in [1.165, 1.54) is 4.31 Å². The molecular formula is C16H22N2O4S. The Bertz CT molecular complexity index is 664. The van der Waals surface area contributed by atoms with Crippen molar-refractivity contribution in [2.24, 2.45) is 0 Å². The number of aryl methyl sites for hydroxylation is 1. The normalized spacial score (nSPS) is 20.7. The number of amides is 1. The molecule has 0 radical (unpaired) electrons. The van der Waals surface area contributed by atoms with Crippen LogP contribution in [0.2, 0.25) is 0 Å². The second kappa shape index (κ2) is 6.49. The van der Waals surface area contributed by atoms with Crippen LogP contribution in [0.25, 0.3) is 0 Å². The summed E-state index contributed by atoms with van der Waals surface area (Å²) in [5.74, 6) is 0. The zero-order valence-electron chi connectivity index (χ0n) is 13.3. The van der Waals surface area contributed by atoms with Gasteiger partial charge in [-0.3, -0.25) is 0 Å². The highest BCUT2D eigenvalue weighted by Crippen LogP contribution is 2.25. The fourth-order valence-electron chi connectivity index (χ4n) is 3.18.